The van der Waals surface area contributed by atoms with Crippen molar-refractivity contribution in [2.45, 2.75) is 39.4 Å². The van der Waals surface area contributed by atoms with E-state index in [4.69, 9.17) is 4.74 Å². The Labute approximate surface area is 113 Å². The molecule has 3 aliphatic rings. The molecule has 4 nitrogen and oxygen atoms in total. The molecule has 0 aromatic rings. The molecule has 4 heteroatoms. The van der Waals surface area contributed by atoms with Crippen LogP contribution in [-0.4, -0.2) is 40.9 Å². The minimum Gasteiger partial charge on any atom is -0.395 e. The van der Waals surface area contributed by atoms with Crippen LogP contribution in [0, 0.1) is 22.7 Å². The third kappa shape index (κ3) is 1.19. The van der Waals surface area contributed by atoms with Crippen molar-refractivity contribution in [3.05, 3.63) is 11.6 Å². The van der Waals surface area contributed by atoms with Gasteiger partial charge in [-0.3, -0.25) is 4.79 Å². The van der Waals surface area contributed by atoms with Gasteiger partial charge in [-0.15, -0.1) is 0 Å². The van der Waals surface area contributed by atoms with Crippen molar-refractivity contribution in [2.75, 3.05) is 13.2 Å². The first-order valence-corrected chi connectivity index (χ1v) is 6.91. The van der Waals surface area contributed by atoms with Crippen LogP contribution in [-0.2, 0) is 9.53 Å². The second-order valence-corrected chi connectivity index (χ2v) is 6.97. The Hall–Kier alpha value is -0.710. The number of rotatable bonds is 1. The zero-order valence-corrected chi connectivity index (χ0v) is 11.9. The van der Waals surface area contributed by atoms with Gasteiger partial charge < -0.3 is 14.9 Å². The monoisotopic (exact) mass is 266 g/mol. The molecular weight excluding hydrogens is 244 g/mol. The molecule has 0 radical (unpaired) electrons. The maximum atomic E-state index is 12.7. The highest BCUT2D eigenvalue weighted by Crippen LogP contribution is 2.67. The molecule has 19 heavy (non-hydrogen) atoms. The van der Waals surface area contributed by atoms with E-state index in [9.17, 15) is 15.0 Å². The number of carbonyl (C=O) groups is 1. The zero-order chi connectivity index (χ0) is 14.2. The largest absolute Gasteiger partial charge is 0.395 e. The van der Waals surface area contributed by atoms with E-state index in [1.807, 2.05) is 26.8 Å². The van der Waals surface area contributed by atoms with E-state index < -0.39 is 22.5 Å². The SMILES string of the molecule is CC1=C[C@@]2(CO)COC3(C)[C@H](O)[C@H](C)[C@@](C)(C1=O)[C@H]32. The van der Waals surface area contributed by atoms with Crippen LogP contribution in [0.25, 0.3) is 0 Å². The number of aliphatic hydroxyl groups excluding tert-OH is 2. The molecule has 0 spiro atoms. The summed E-state index contributed by atoms with van der Waals surface area (Å²) < 4.78 is 5.91. The molecule has 1 aliphatic heterocycles. The molecule has 1 unspecified atom stereocenters. The normalized spacial score (nSPS) is 56.2. The lowest BCUT2D eigenvalue weighted by atomic mass is 9.55. The van der Waals surface area contributed by atoms with Crippen LogP contribution in [0.15, 0.2) is 11.6 Å². The van der Waals surface area contributed by atoms with E-state index in [1.54, 1.807) is 6.92 Å². The van der Waals surface area contributed by atoms with Gasteiger partial charge in [0.2, 0.25) is 0 Å². The van der Waals surface area contributed by atoms with Gasteiger partial charge in [0.15, 0.2) is 5.78 Å². The Balaban J connectivity index is 2.28. The Morgan fingerprint density at radius 3 is 2.68 bits per heavy atom. The first-order valence-electron chi connectivity index (χ1n) is 6.91. The van der Waals surface area contributed by atoms with Crippen LogP contribution < -0.4 is 0 Å². The fourth-order valence-corrected chi connectivity index (χ4v) is 5.13. The molecule has 106 valence electrons. The third-order valence-electron chi connectivity index (χ3n) is 6.05. The van der Waals surface area contributed by atoms with E-state index in [2.05, 4.69) is 0 Å². The lowest BCUT2D eigenvalue weighted by molar-refractivity contribution is -0.133. The van der Waals surface area contributed by atoms with Gasteiger partial charge in [0.05, 0.1) is 24.9 Å². The molecule has 2 N–H and O–H groups in total. The van der Waals surface area contributed by atoms with Crippen molar-refractivity contribution >= 4 is 5.78 Å². The molecular formula is C15H22O4. The standard InChI is InChI=1S/C15H22O4/c1-8-5-15(6-16)7-19-14(4)11(18)9(2)13(3,10(8)17)12(14)15/h5,9,11-12,16,18H,6-7H2,1-4H3/t9-,11+,12+,13-,14?,15+/m0/s1. The van der Waals surface area contributed by atoms with Gasteiger partial charge in [-0.2, -0.15) is 0 Å². The Bertz CT molecular complexity index is 485. The highest BCUT2D eigenvalue weighted by Gasteiger charge is 2.75. The van der Waals surface area contributed by atoms with Gasteiger partial charge in [0, 0.05) is 16.7 Å². The average molecular weight is 266 g/mol. The fraction of sp³-hybridized carbons (Fsp3) is 0.800. The van der Waals surface area contributed by atoms with Crippen molar-refractivity contribution in [1.82, 2.24) is 0 Å². The maximum absolute atomic E-state index is 12.7. The van der Waals surface area contributed by atoms with Gasteiger partial charge in [-0.1, -0.05) is 19.9 Å². The number of hydrogen-bond acceptors (Lipinski definition) is 4. The molecule has 1 saturated heterocycles. The molecule has 1 heterocycles. The first kappa shape index (κ1) is 13.3. The number of ketones is 1. The Kier molecular flexibility index (Phi) is 2.44. The zero-order valence-electron chi connectivity index (χ0n) is 11.9. The predicted octanol–water partition coefficient (Wildman–Crippen LogP) is 0.916. The summed E-state index contributed by atoms with van der Waals surface area (Å²) in [5, 5.41) is 20.5. The lowest BCUT2D eigenvalue weighted by Crippen LogP contribution is -2.52. The number of hydrogen-bond donors (Lipinski definition) is 2. The summed E-state index contributed by atoms with van der Waals surface area (Å²) in [6.07, 6.45) is 1.19. The smallest absolute Gasteiger partial charge is 0.164 e. The van der Waals surface area contributed by atoms with Crippen LogP contribution in [0.3, 0.4) is 0 Å². The van der Waals surface area contributed by atoms with Crippen LogP contribution in [0.5, 0.6) is 0 Å². The van der Waals surface area contributed by atoms with Crippen molar-refractivity contribution in [3.8, 4) is 0 Å². The molecule has 1 saturated carbocycles. The van der Waals surface area contributed by atoms with Crippen LogP contribution in [0.1, 0.15) is 27.7 Å². The summed E-state index contributed by atoms with van der Waals surface area (Å²) in [6, 6.07) is 0. The summed E-state index contributed by atoms with van der Waals surface area (Å²) >= 11 is 0. The molecule has 0 amide bonds. The minimum atomic E-state index is -0.746. The van der Waals surface area contributed by atoms with Gasteiger partial charge in [-0.25, -0.2) is 0 Å². The van der Waals surface area contributed by atoms with E-state index in [0.29, 0.717) is 12.2 Å². The summed E-state index contributed by atoms with van der Waals surface area (Å²) in [4.78, 5) is 12.7. The van der Waals surface area contributed by atoms with Crippen molar-refractivity contribution in [2.24, 2.45) is 22.7 Å². The summed E-state index contributed by atoms with van der Waals surface area (Å²) in [7, 11) is 0. The third-order valence-corrected chi connectivity index (χ3v) is 6.05. The summed E-state index contributed by atoms with van der Waals surface area (Å²) in [5.74, 6) is -0.258. The summed E-state index contributed by atoms with van der Waals surface area (Å²) in [5.41, 5.74) is -1.26. The molecule has 2 aliphatic carbocycles. The quantitative estimate of drug-likeness (QED) is 0.740. The maximum Gasteiger partial charge on any atom is 0.164 e. The van der Waals surface area contributed by atoms with Gasteiger partial charge in [0.1, 0.15) is 0 Å². The minimum absolute atomic E-state index is 0.0487. The molecule has 0 bridgehead atoms. The van der Waals surface area contributed by atoms with Gasteiger partial charge in [-0.05, 0) is 25.3 Å². The number of Topliss-reactive ketones (excluding diaryl/α,β-unsaturated/α-hetero) is 1. The lowest BCUT2D eigenvalue weighted by Gasteiger charge is -2.46. The van der Waals surface area contributed by atoms with Crippen molar-refractivity contribution < 1.29 is 19.7 Å². The second kappa shape index (κ2) is 3.48. The Morgan fingerprint density at radius 1 is 1.47 bits per heavy atom. The first-order chi connectivity index (χ1) is 8.74. The van der Waals surface area contributed by atoms with Crippen molar-refractivity contribution in [3.63, 3.8) is 0 Å². The highest BCUT2D eigenvalue weighted by atomic mass is 16.5. The van der Waals surface area contributed by atoms with E-state index >= 15 is 0 Å². The van der Waals surface area contributed by atoms with Crippen LogP contribution >= 0.6 is 0 Å². The highest BCUT2D eigenvalue weighted by molar-refractivity contribution is 6.01. The molecule has 2 fully saturated rings. The van der Waals surface area contributed by atoms with Gasteiger partial charge >= 0.3 is 0 Å². The predicted molar refractivity (Wildman–Crippen MR) is 69.4 cm³/mol. The van der Waals surface area contributed by atoms with Crippen LogP contribution in [0.2, 0.25) is 0 Å². The summed E-state index contributed by atoms with van der Waals surface area (Å²) in [6.45, 7) is 7.84. The number of aliphatic hydroxyl groups is 2. The topological polar surface area (TPSA) is 66.8 Å². The molecule has 0 aromatic heterocycles. The van der Waals surface area contributed by atoms with E-state index in [1.165, 1.54) is 0 Å². The van der Waals surface area contributed by atoms with Gasteiger partial charge in [0.25, 0.3) is 0 Å². The van der Waals surface area contributed by atoms with Crippen LogP contribution in [0.4, 0.5) is 0 Å². The Morgan fingerprint density at radius 2 is 2.11 bits per heavy atom. The average Bonchev–Trinajstić information content (AvgIpc) is 2.77. The second-order valence-electron chi connectivity index (χ2n) is 6.97. The number of allylic oxidation sites excluding steroid dienone is 1. The molecule has 3 rings (SSSR count). The van der Waals surface area contributed by atoms with E-state index in [0.717, 1.165) is 0 Å². The molecule has 6 atom stereocenters. The van der Waals surface area contributed by atoms with Crippen molar-refractivity contribution in [1.29, 1.82) is 0 Å². The number of carbonyl (C=O) groups excluding carboxylic acids is 1. The molecule has 0 aromatic carbocycles. The fourth-order valence-electron chi connectivity index (χ4n) is 5.13. The number of ether oxygens (including phenoxy) is 1. The van der Waals surface area contributed by atoms with E-state index in [-0.39, 0.29) is 24.2 Å².